The number of carbonyl (C=O) groups is 1. The van der Waals surface area contributed by atoms with Crippen molar-refractivity contribution < 1.29 is 18.0 Å². The summed E-state index contributed by atoms with van der Waals surface area (Å²) in [6.45, 7) is 20.6. The highest BCUT2D eigenvalue weighted by Gasteiger charge is 2.32. The number of nitrogens with zero attached hydrogens (tertiary/aromatic N) is 2. The lowest BCUT2D eigenvalue weighted by Gasteiger charge is -2.43. The quantitative estimate of drug-likeness (QED) is 0.267. The van der Waals surface area contributed by atoms with Crippen molar-refractivity contribution in [1.82, 2.24) is 15.5 Å². The van der Waals surface area contributed by atoms with E-state index in [1.807, 2.05) is 6.08 Å². The molecule has 36 heavy (non-hydrogen) atoms. The Morgan fingerprint density at radius 3 is 2.47 bits per heavy atom. The van der Waals surface area contributed by atoms with Crippen molar-refractivity contribution in [2.24, 2.45) is 16.6 Å². The molecule has 1 fully saturated rings. The molecular weight excluding hydrogens is 467 g/mol. The molecule has 196 valence electrons. The second-order valence-electron chi connectivity index (χ2n) is 9.25. The van der Waals surface area contributed by atoms with E-state index < -0.39 is 11.7 Å². The zero-order valence-corrected chi connectivity index (χ0v) is 21.0. The van der Waals surface area contributed by atoms with E-state index in [9.17, 15) is 18.0 Å². The number of amides is 1. The van der Waals surface area contributed by atoms with Crippen LogP contribution in [0.4, 0.5) is 18.9 Å². The van der Waals surface area contributed by atoms with Crippen molar-refractivity contribution in [3.05, 3.63) is 72.5 Å². The largest absolute Gasteiger partial charge is 0.416 e. The predicted octanol–water partition coefficient (Wildman–Crippen LogP) is 4.79. The number of nitrogens with one attached hydrogen (secondary N) is 2. The van der Waals surface area contributed by atoms with Gasteiger partial charge in [0, 0.05) is 36.1 Å². The summed E-state index contributed by atoms with van der Waals surface area (Å²) in [4.78, 5) is 18.4. The second-order valence-corrected chi connectivity index (χ2v) is 9.25. The number of aliphatic imine (C=N–C) groups is 1. The van der Waals surface area contributed by atoms with Crippen LogP contribution in [0.2, 0.25) is 0 Å². The van der Waals surface area contributed by atoms with Crippen molar-refractivity contribution in [2.45, 2.75) is 44.9 Å². The van der Waals surface area contributed by atoms with Gasteiger partial charge in [0.1, 0.15) is 0 Å². The van der Waals surface area contributed by atoms with Crippen molar-refractivity contribution in [1.29, 1.82) is 0 Å². The molecule has 0 aromatic heterocycles. The molecule has 0 radical (unpaired) electrons. The summed E-state index contributed by atoms with van der Waals surface area (Å²) in [5, 5.41) is 5.74. The van der Waals surface area contributed by atoms with E-state index in [2.05, 4.69) is 60.8 Å². The molecule has 1 amide bonds. The first kappa shape index (κ1) is 28.9. The third-order valence-corrected chi connectivity index (χ3v) is 6.34. The molecule has 2 rings (SSSR count). The Kier molecular flexibility index (Phi) is 10.1. The maximum Gasteiger partial charge on any atom is 0.416 e. The Balaban J connectivity index is 1.76. The average Bonchev–Trinajstić information content (AvgIpc) is 2.79. The van der Waals surface area contributed by atoms with Gasteiger partial charge in [0.25, 0.3) is 0 Å². The molecule has 4 N–H and O–H groups in total. The highest BCUT2D eigenvalue weighted by Crippen LogP contribution is 2.34. The molecule has 1 aromatic carbocycles. The lowest BCUT2D eigenvalue weighted by Crippen LogP contribution is -2.62. The lowest BCUT2D eigenvalue weighted by molar-refractivity contribution is -0.137. The van der Waals surface area contributed by atoms with Crippen LogP contribution in [0.15, 0.2) is 66.4 Å². The SMILES string of the molecule is C=Nc1ccc(C(F)(F)F)cc1C(=C)NCC(=O)NC1CN(C(C)CCC(C)C(=C)/C=C\C(=C)N)C1. The van der Waals surface area contributed by atoms with Gasteiger partial charge in [-0.05, 0) is 56.7 Å². The average molecular weight is 504 g/mol. The maximum atomic E-state index is 13.1. The number of nitrogens with two attached hydrogens (primary N) is 1. The molecule has 0 aliphatic carbocycles. The highest BCUT2D eigenvalue weighted by atomic mass is 19.4. The van der Waals surface area contributed by atoms with Crippen molar-refractivity contribution in [3.63, 3.8) is 0 Å². The number of carbonyl (C=O) groups excluding carboxylic acids is 1. The number of benzene rings is 1. The van der Waals surface area contributed by atoms with Gasteiger partial charge in [0.2, 0.25) is 5.91 Å². The molecule has 1 heterocycles. The summed E-state index contributed by atoms with van der Waals surface area (Å²) in [7, 11) is 0. The molecule has 1 saturated heterocycles. The van der Waals surface area contributed by atoms with Crippen molar-refractivity contribution in [2.75, 3.05) is 19.6 Å². The molecule has 0 spiro atoms. The first-order chi connectivity index (χ1) is 16.8. The Morgan fingerprint density at radius 2 is 1.89 bits per heavy atom. The number of alkyl halides is 3. The molecule has 6 nitrogen and oxygen atoms in total. The third kappa shape index (κ3) is 8.41. The summed E-state index contributed by atoms with van der Waals surface area (Å²) < 4.78 is 39.2. The van der Waals surface area contributed by atoms with Crippen LogP contribution in [0.1, 0.15) is 37.8 Å². The number of likely N-dealkylation sites (tertiary alicyclic amines) is 1. The first-order valence-electron chi connectivity index (χ1n) is 11.8. The minimum absolute atomic E-state index is 0.0277. The molecule has 0 bridgehead atoms. The molecule has 9 heteroatoms. The van der Waals surface area contributed by atoms with E-state index >= 15 is 0 Å². The molecule has 1 aromatic rings. The zero-order valence-electron chi connectivity index (χ0n) is 21.0. The van der Waals surface area contributed by atoms with Gasteiger partial charge in [-0.1, -0.05) is 38.3 Å². The fourth-order valence-electron chi connectivity index (χ4n) is 3.85. The number of hydrogen-bond donors (Lipinski definition) is 3. The maximum absolute atomic E-state index is 13.1. The van der Waals surface area contributed by atoms with Crippen LogP contribution in [-0.2, 0) is 11.0 Å². The summed E-state index contributed by atoms with van der Waals surface area (Å²) in [6, 6.07) is 3.51. The third-order valence-electron chi connectivity index (χ3n) is 6.34. The molecule has 1 aliphatic rings. The second kappa shape index (κ2) is 12.6. The smallest absolute Gasteiger partial charge is 0.399 e. The molecule has 0 saturated carbocycles. The van der Waals surface area contributed by atoms with Gasteiger partial charge in [-0.2, -0.15) is 13.2 Å². The lowest BCUT2D eigenvalue weighted by atomic mass is 9.93. The first-order valence-corrected chi connectivity index (χ1v) is 11.8. The Bertz CT molecular complexity index is 1020. The number of rotatable bonds is 13. The van der Waals surface area contributed by atoms with E-state index in [1.54, 1.807) is 6.08 Å². The minimum Gasteiger partial charge on any atom is -0.399 e. The fourth-order valence-corrected chi connectivity index (χ4v) is 3.85. The van der Waals surface area contributed by atoms with Gasteiger partial charge in [0.05, 0.1) is 23.8 Å². The Hall–Kier alpha value is -3.33. The zero-order chi connectivity index (χ0) is 27.0. The van der Waals surface area contributed by atoms with E-state index in [4.69, 9.17) is 5.73 Å². The predicted molar refractivity (Wildman–Crippen MR) is 141 cm³/mol. The van der Waals surface area contributed by atoms with Crippen LogP contribution in [0.25, 0.3) is 5.70 Å². The van der Waals surface area contributed by atoms with Crippen LogP contribution in [0.5, 0.6) is 0 Å². The minimum atomic E-state index is -4.50. The number of halogens is 3. The normalized spacial score (nSPS) is 16.1. The van der Waals surface area contributed by atoms with Crippen molar-refractivity contribution >= 4 is 24.0 Å². The van der Waals surface area contributed by atoms with Crippen LogP contribution in [0.3, 0.4) is 0 Å². The summed E-state index contributed by atoms with van der Waals surface area (Å²) in [5.74, 6) is 0.0689. The van der Waals surface area contributed by atoms with Crippen LogP contribution in [-0.4, -0.2) is 49.2 Å². The Labute approximate surface area is 211 Å². The van der Waals surface area contributed by atoms with E-state index in [1.165, 1.54) is 6.07 Å². The molecule has 1 aliphatic heterocycles. The van der Waals surface area contributed by atoms with Gasteiger partial charge in [-0.15, -0.1) is 0 Å². The number of allylic oxidation sites excluding steroid dienone is 3. The summed E-state index contributed by atoms with van der Waals surface area (Å²) in [6.07, 6.45) is 1.14. The van der Waals surface area contributed by atoms with Crippen LogP contribution < -0.4 is 16.4 Å². The molecule has 2 atom stereocenters. The van der Waals surface area contributed by atoms with E-state index in [0.717, 1.165) is 43.6 Å². The van der Waals surface area contributed by atoms with E-state index in [-0.39, 0.29) is 35.4 Å². The molecular formula is C27H36F3N5O. The Morgan fingerprint density at radius 1 is 1.22 bits per heavy atom. The number of hydrogen-bond acceptors (Lipinski definition) is 5. The summed E-state index contributed by atoms with van der Waals surface area (Å²) >= 11 is 0. The van der Waals surface area contributed by atoms with Gasteiger partial charge in [-0.25, -0.2) is 0 Å². The topological polar surface area (TPSA) is 82.8 Å². The van der Waals surface area contributed by atoms with Gasteiger partial charge in [-0.3, -0.25) is 14.7 Å². The van der Waals surface area contributed by atoms with Crippen LogP contribution in [0, 0.1) is 5.92 Å². The van der Waals surface area contributed by atoms with Gasteiger partial charge >= 0.3 is 6.18 Å². The molecule has 2 unspecified atom stereocenters. The van der Waals surface area contributed by atoms with Crippen molar-refractivity contribution in [3.8, 4) is 0 Å². The summed E-state index contributed by atoms with van der Waals surface area (Å²) in [5.41, 5.74) is 6.82. The van der Waals surface area contributed by atoms with Crippen LogP contribution >= 0.6 is 0 Å². The monoisotopic (exact) mass is 503 g/mol. The highest BCUT2D eigenvalue weighted by molar-refractivity contribution is 5.82. The fraction of sp³-hybridized carbons (Fsp3) is 0.407. The van der Waals surface area contributed by atoms with Gasteiger partial charge < -0.3 is 16.4 Å². The standard InChI is InChI=1S/C27H36F3N5O/c1-17(7-9-19(3)31)18(2)8-10-20(4)35-15-23(16-35)34-26(36)14-33-21(5)24-13-22(27(28,29)30)11-12-25(24)32-6/h7,9,11-13,18,20,23,33H,1,3,5-6,8,10,14-16,31H2,2,4H3,(H,34,36)/b9-7-. The van der Waals surface area contributed by atoms with E-state index in [0.29, 0.717) is 17.7 Å². The van der Waals surface area contributed by atoms with Gasteiger partial charge in [0.15, 0.2) is 0 Å².